The number of benzene rings is 2. The number of unbranched alkanes of at least 4 members (excludes halogenated alkanes) is 3. The summed E-state index contributed by atoms with van der Waals surface area (Å²) in [5.74, 6) is 0.590. The molecule has 0 spiro atoms. The lowest BCUT2D eigenvalue weighted by Gasteiger charge is -2.05. The number of phenolic OH excluding ortho intramolecular Hbond substituents is 2. The number of phenols is 2. The Morgan fingerprint density at radius 3 is 1.41 bits per heavy atom. The molecule has 4 heteroatoms. The number of aromatic hydroxyl groups is 2. The van der Waals surface area contributed by atoms with Crippen LogP contribution in [0.15, 0.2) is 45.3 Å². The monoisotopic (exact) mass is 426 g/mol. The molecule has 2 rings (SSSR count). The molecule has 118 valence electrons. The van der Waals surface area contributed by atoms with E-state index in [1.165, 1.54) is 24.0 Å². The van der Waals surface area contributed by atoms with E-state index >= 15 is 0 Å². The second-order valence-electron chi connectivity index (χ2n) is 5.49. The van der Waals surface area contributed by atoms with Gasteiger partial charge in [-0.25, -0.2) is 0 Å². The zero-order valence-corrected chi connectivity index (χ0v) is 15.5. The SMILES string of the molecule is Oc1ccc(CCCCCCc2ccc(O)c(Br)c2)cc1Br. The molecule has 0 amide bonds. The van der Waals surface area contributed by atoms with Gasteiger partial charge in [0.05, 0.1) is 8.95 Å². The molecule has 0 heterocycles. The van der Waals surface area contributed by atoms with Crippen LogP contribution in [-0.4, -0.2) is 10.2 Å². The predicted octanol–water partition coefficient (Wildman–Crippen LogP) is 5.97. The Hall–Kier alpha value is -1.00. The molecule has 0 bridgehead atoms. The van der Waals surface area contributed by atoms with Gasteiger partial charge in [0.15, 0.2) is 0 Å². The van der Waals surface area contributed by atoms with Gasteiger partial charge >= 0.3 is 0 Å². The standard InChI is InChI=1S/C18H20Br2O2/c19-15-11-13(7-9-17(15)21)5-3-1-2-4-6-14-8-10-18(22)16(20)12-14/h7-12,21-22H,1-6H2. The van der Waals surface area contributed by atoms with Crippen LogP contribution in [0.25, 0.3) is 0 Å². The van der Waals surface area contributed by atoms with Crippen LogP contribution in [0.1, 0.15) is 36.8 Å². The van der Waals surface area contributed by atoms with Crippen LogP contribution in [0, 0.1) is 0 Å². The normalized spacial score (nSPS) is 10.8. The summed E-state index contributed by atoms with van der Waals surface area (Å²) >= 11 is 6.69. The van der Waals surface area contributed by atoms with Crippen molar-refractivity contribution >= 4 is 31.9 Å². The van der Waals surface area contributed by atoms with Gasteiger partial charge in [-0.05, 0) is 92.9 Å². The summed E-state index contributed by atoms with van der Waals surface area (Å²) in [7, 11) is 0. The molecule has 2 aromatic rings. The fourth-order valence-corrected chi connectivity index (χ4v) is 3.28. The van der Waals surface area contributed by atoms with Crippen molar-refractivity contribution in [2.24, 2.45) is 0 Å². The molecule has 0 radical (unpaired) electrons. The van der Waals surface area contributed by atoms with Crippen molar-refractivity contribution in [1.82, 2.24) is 0 Å². The maximum absolute atomic E-state index is 9.46. The van der Waals surface area contributed by atoms with Gasteiger partial charge < -0.3 is 10.2 Å². The van der Waals surface area contributed by atoms with E-state index in [0.29, 0.717) is 11.5 Å². The number of halogens is 2. The maximum Gasteiger partial charge on any atom is 0.129 e. The lowest BCUT2D eigenvalue weighted by Crippen LogP contribution is -1.89. The highest BCUT2D eigenvalue weighted by atomic mass is 79.9. The summed E-state index contributed by atoms with van der Waals surface area (Å²) in [5, 5.41) is 18.9. The van der Waals surface area contributed by atoms with E-state index in [2.05, 4.69) is 31.9 Å². The zero-order chi connectivity index (χ0) is 15.9. The summed E-state index contributed by atoms with van der Waals surface area (Å²) in [6, 6.07) is 11.4. The third kappa shape index (κ3) is 5.33. The van der Waals surface area contributed by atoms with Crippen LogP contribution < -0.4 is 0 Å². The fraction of sp³-hybridized carbons (Fsp3) is 0.333. The van der Waals surface area contributed by atoms with E-state index in [1.807, 2.05) is 24.3 Å². The van der Waals surface area contributed by atoms with Gasteiger partial charge in [-0.15, -0.1) is 0 Å². The van der Waals surface area contributed by atoms with Gasteiger partial charge in [-0.3, -0.25) is 0 Å². The second-order valence-corrected chi connectivity index (χ2v) is 7.19. The van der Waals surface area contributed by atoms with Crippen molar-refractivity contribution in [3.8, 4) is 11.5 Å². The van der Waals surface area contributed by atoms with Crippen LogP contribution in [0.3, 0.4) is 0 Å². The number of hydrogen-bond donors (Lipinski definition) is 2. The molecule has 0 aliphatic rings. The lowest BCUT2D eigenvalue weighted by atomic mass is 10.0. The van der Waals surface area contributed by atoms with E-state index in [9.17, 15) is 10.2 Å². The molecule has 0 aliphatic heterocycles. The largest absolute Gasteiger partial charge is 0.507 e. The quantitative estimate of drug-likeness (QED) is 0.534. The minimum atomic E-state index is 0.295. The van der Waals surface area contributed by atoms with Crippen molar-refractivity contribution in [2.45, 2.75) is 38.5 Å². The second kappa shape index (κ2) is 8.59. The molecular weight excluding hydrogens is 408 g/mol. The molecule has 0 fully saturated rings. The minimum Gasteiger partial charge on any atom is -0.507 e. The molecular formula is C18H20Br2O2. The first kappa shape index (κ1) is 17.4. The summed E-state index contributed by atoms with van der Waals surface area (Å²) < 4.78 is 1.53. The molecule has 2 aromatic carbocycles. The van der Waals surface area contributed by atoms with Crippen LogP contribution in [0.5, 0.6) is 11.5 Å². The third-order valence-electron chi connectivity index (χ3n) is 3.71. The van der Waals surface area contributed by atoms with Crippen molar-refractivity contribution < 1.29 is 10.2 Å². The number of hydrogen-bond acceptors (Lipinski definition) is 2. The average Bonchev–Trinajstić information content (AvgIpc) is 2.50. The van der Waals surface area contributed by atoms with E-state index in [1.54, 1.807) is 12.1 Å². The van der Waals surface area contributed by atoms with Crippen molar-refractivity contribution in [2.75, 3.05) is 0 Å². The first-order valence-electron chi connectivity index (χ1n) is 7.51. The Balaban J connectivity index is 1.65. The maximum atomic E-state index is 9.46. The average molecular weight is 428 g/mol. The molecule has 0 saturated carbocycles. The van der Waals surface area contributed by atoms with Crippen molar-refractivity contribution in [3.05, 3.63) is 56.5 Å². The summed E-state index contributed by atoms with van der Waals surface area (Å²) in [5.41, 5.74) is 2.51. The molecule has 0 unspecified atom stereocenters. The van der Waals surface area contributed by atoms with Crippen LogP contribution in [0.2, 0.25) is 0 Å². The molecule has 0 aliphatic carbocycles. The first-order chi connectivity index (χ1) is 10.6. The highest BCUT2D eigenvalue weighted by Crippen LogP contribution is 2.26. The summed E-state index contributed by atoms with van der Waals surface area (Å²) in [6.07, 6.45) is 6.83. The van der Waals surface area contributed by atoms with E-state index in [-0.39, 0.29) is 0 Å². The van der Waals surface area contributed by atoms with Crippen molar-refractivity contribution in [1.29, 1.82) is 0 Å². The highest BCUT2D eigenvalue weighted by Gasteiger charge is 2.01. The Morgan fingerprint density at radius 1 is 0.636 bits per heavy atom. The van der Waals surface area contributed by atoms with Gasteiger partial charge in [0.1, 0.15) is 11.5 Å². The van der Waals surface area contributed by atoms with Crippen molar-refractivity contribution in [3.63, 3.8) is 0 Å². The van der Waals surface area contributed by atoms with E-state index < -0.39 is 0 Å². The Kier molecular flexibility index (Phi) is 6.77. The van der Waals surface area contributed by atoms with Crippen LogP contribution in [-0.2, 0) is 12.8 Å². The molecule has 22 heavy (non-hydrogen) atoms. The molecule has 2 nitrogen and oxygen atoms in total. The topological polar surface area (TPSA) is 40.5 Å². The van der Waals surface area contributed by atoms with Crippen LogP contribution >= 0.6 is 31.9 Å². The van der Waals surface area contributed by atoms with Gasteiger partial charge in [0.2, 0.25) is 0 Å². The molecule has 2 N–H and O–H groups in total. The van der Waals surface area contributed by atoms with E-state index in [0.717, 1.165) is 34.6 Å². The molecule has 0 saturated heterocycles. The van der Waals surface area contributed by atoms with Gasteiger partial charge in [0, 0.05) is 0 Å². The Morgan fingerprint density at radius 2 is 1.05 bits per heavy atom. The summed E-state index contributed by atoms with van der Waals surface area (Å²) in [6.45, 7) is 0. The first-order valence-corrected chi connectivity index (χ1v) is 9.09. The van der Waals surface area contributed by atoms with Gasteiger partial charge in [-0.1, -0.05) is 25.0 Å². The molecule has 0 atom stereocenters. The fourth-order valence-electron chi connectivity index (χ4n) is 2.42. The van der Waals surface area contributed by atoms with E-state index in [4.69, 9.17) is 0 Å². The van der Waals surface area contributed by atoms with Crippen LogP contribution in [0.4, 0.5) is 0 Å². The highest BCUT2D eigenvalue weighted by molar-refractivity contribution is 9.10. The van der Waals surface area contributed by atoms with Gasteiger partial charge in [-0.2, -0.15) is 0 Å². The van der Waals surface area contributed by atoms with Gasteiger partial charge in [0.25, 0.3) is 0 Å². The third-order valence-corrected chi connectivity index (χ3v) is 4.98. The minimum absolute atomic E-state index is 0.295. The number of rotatable bonds is 7. The number of aryl methyl sites for hydroxylation is 2. The summed E-state index contributed by atoms with van der Waals surface area (Å²) in [4.78, 5) is 0. The predicted molar refractivity (Wildman–Crippen MR) is 97.5 cm³/mol. The lowest BCUT2D eigenvalue weighted by molar-refractivity contribution is 0.471. The Labute approximate surface area is 148 Å². The Bertz CT molecular complexity index is 571. The zero-order valence-electron chi connectivity index (χ0n) is 12.4. The molecule has 0 aromatic heterocycles. The smallest absolute Gasteiger partial charge is 0.129 e.